The summed E-state index contributed by atoms with van der Waals surface area (Å²) in [6, 6.07) is 14.4. The minimum absolute atomic E-state index is 0.0427. The number of nitrogens with zero attached hydrogens (tertiary/aromatic N) is 4. The summed E-state index contributed by atoms with van der Waals surface area (Å²) in [7, 11) is 1.49. The third kappa shape index (κ3) is 4.64. The van der Waals surface area contributed by atoms with Crippen LogP contribution in [0.25, 0.3) is 17.0 Å². The Bertz CT molecular complexity index is 1300. The number of alkyl halides is 3. The topological polar surface area (TPSA) is 81.4 Å². The summed E-state index contributed by atoms with van der Waals surface area (Å²) in [5.74, 6) is -0.624. The standard InChI is InChI=1S/C23H20F3N5O2/c1-13(2)14-4-8-16(9-5-14)27-21(32)20-29-22-28-18(15-6-10-17(33-3)11-7-15)12-19(23(24,25)26)31(22)30-20/h4-13H,1-3H3,(H,27,32). The number of halogens is 3. The third-order valence-electron chi connectivity index (χ3n) is 5.03. The fourth-order valence-electron chi connectivity index (χ4n) is 3.21. The molecule has 0 fully saturated rings. The number of carbonyl (C=O) groups is 1. The van der Waals surface area contributed by atoms with Gasteiger partial charge in [0, 0.05) is 11.3 Å². The van der Waals surface area contributed by atoms with Crippen molar-refractivity contribution < 1.29 is 22.7 Å². The molecule has 1 amide bonds. The van der Waals surface area contributed by atoms with Crippen LogP contribution in [0.2, 0.25) is 0 Å². The Kier molecular flexibility index (Phi) is 5.75. The molecule has 170 valence electrons. The molecule has 0 bridgehead atoms. The number of fused-ring (bicyclic) bond motifs is 1. The van der Waals surface area contributed by atoms with Crippen molar-refractivity contribution in [3.05, 3.63) is 71.7 Å². The maximum Gasteiger partial charge on any atom is 0.433 e. The Labute approximate surface area is 187 Å². The summed E-state index contributed by atoms with van der Waals surface area (Å²) >= 11 is 0. The van der Waals surface area contributed by atoms with Gasteiger partial charge in [-0.2, -0.15) is 22.7 Å². The molecule has 2 aromatic carbocycles. The van der Waals surface area contributed by atoms with Crippen molar-refractivity contribution in [1.82, 2.24) is 19.6 Å². The molecule has 0 radical (unpaired) electrons. The fourth-order valence-corrected chi connectivity index (χ4v) is 3.21. The summed E-state index contributed by atoms with van der Waals surface area (Å²) in [4.78, 5) is 20.8. The van der Waals surface area contributed by atoms with E-state index in [-0.39, 0.29) is 11.5 Å². The van der Waals surface area contributed by atoms with E-state index in [1.165, 1.54) is 7.11 Å². The third-order valence-corrected chi connectivity index (χ3v) is 5.03. The lowest BCUT2D eigenvalue weighted by atomic mass is 10.0. The lowest BCUT2D eigenvalue weighted by Crippen LogP contribution is -2.16. The maximum absolute atomic E-state index is 13.8. The van der Waals surface area contributed by atoms with E-state index >= 15 is 0 Å². The molecule has 0 atom stereocenters. The summed E-state index contributed by atoms with van der Waals surface area (Å²) in [6.07, 6.45) is -4.74. The quantitative estimate of drug-likeness (QED) is 0.448. The Hall–Kier alpha value is -3.95. The predicted octanol–water partition coefficient (Wildman–Crippen LogP) is 5.19. The van der Waals surface area contributed by atoms with Gasteiger partial charge in [-0.3, -0.25) is 4.79 Å². The monoisotopic (exact) mass is 455 g/mol. The average Bonchev–Trinajstić information content (AvgIpc) is 3.22. The van der Waals surface area contributed by atoms with Gasteiger partial charge in [0.05, 0.1) is 12.8 Å². The van der Waals surface area contributed by atoms with Crippen molar-refractivity contribution in [1.29, 1.82) is 0 Å². The number of ether oxygens (including phenoxy) is 1. The van der Waals surface area contributed by atoms with Gasteiger partial charge in [0.1, 0.15) is 5.75 Å². The van der Waals surface area contributed by atoms with Crippen molar-refractivity contribution in [2.45, 2.75) is 25.9 Å². The van der Waals surface area contributed by atoms with E-state index in [1.807, 2.05) is 26.0 Å². The first-order chi connectivity index (χ1) is 15.7. The molecule has 2 heterocycles. The molecule has 4 rings (SSSR count). The molecule has 0 saturated carbocycles. The Morgan fingerprint density at radius 3 is 2.27 bits per heavy atom. The molecule has 0 saturated heterocycles. The molecule has 1 N–H and O–H groups in total. The van der Waals surface area contributed by atoms with Crippen LogP contribution in [0.1, 0.15) is 41.6 Å². The minimum Gasteiger partial charge on any atom is -0.497 e. The zero-order valence-corrected chi connectivity index (χ0v) is 18.0. The summed E-state index contributed by atoms with van der Waals surface area (Å²) in [5, 5.41) is 6.38. The SMILES string of the molecule is COc1ccc(-c2cc(C(F)(F)F)n3nc(C(=O)Nc4ccc(C(C)C)cc4)nc3n2)cc1. The molecule has 0 aliphatic heterocycles. The van der Waals surface area contributed by atoms with E-state index in [0.717, 1.165) is 11.6 Å². The number of hydrogen-bond acceptors (Lipinski definition) is 5. The van der Waals surface area contributed by atoms with Gasteiger partial charge < -0.3 is 10.1 Å². The molecule has 33 heavy (non-hydrogen) atoms. The molecule has 0 aliphatic rings. The van der Waals surface area contributed by atoms with Gasteiger partial charge in [0.2, 0.25) is 5.82 Å². The van der Waals surface area contributed by atoms with Crippen LogP contribution in [-0.4, -0.2) is 32.6 Å². The number of anilines is 1. The highest BCUT2D eigenvalue weighted by atomic mass is 19.4. The molecular formula is C23H20F3N5O2. The van der Waals surface area contributed by atoms with Crippen LogP contribution < -0.4 is 10.1 Å². The lowest BCUT2D eigenvalue weighted by molar-refractivity contribution is -0.142. The molecule has 0 unspecified atom stereocenters. The number of nitrogens with one attached hydrogen (secondary N) is 1. The van der Waals surface area contributed by atoms with Gasteiger partial charge in [-0.1, -0.05) is 26.0 Å². The molecule has 7 nitrogen and oxygen atoms in total. The molecule has 10 heteroatoms. The number of rotatable bonds is 5. The normalized spacial score (nSPS) is 11.7. The first kappa shape index (κ1) is 22.3. The lowest BCUT2D eigenvalue weighted by Gasteiger charge is -2.10. The molecule has 4 aromatic rings. The van der Waals surface area contributed by atoms with Crippen molar-refractivity contribution in [2.24, 2.45) is 0 Å². The van der Waals surface area contributed by atoms with Crippen molar-refractivity contribution >= 4 is 17.4 Å². The second-order valence-electron chi connectivity index (χ2n) is 7.63. The minimum atomic E-state index is -4.74. The van der Waals surface area contributed by atoms with E-state index < -0.39 is 23.6 Å². The van der Waals surface area contributed by atoms with Gasteiger partial charge >= 0.3 is 6.18 Å². The summed E-state index contributed by atoms with van der Waals surface area (Å²) in [6.45, 7) is 4.08. The Balaban J connectivity index is 1.71. The number of hydrogen-bond donors (Lipinski definition) is 1. The molecular weight excluding hydrogens is 435 g/mol. The molecule has 0 aliphatic carbocycles. The van der Waals surface area contributed by atoms with Gasteiger partial charge in [0.25, 0.3) is 11.7 Å². The number of methoxy groups -OCH3 is 1. The number of benzene rings is 2. The zero-order chi connectivity index (χ0) is 23.8. The second kappa shape index (κ2) is 8.53. The Morgan fingerprint density at radius 1 is 1.03 bits per heavy atom. The zero-order valence-electron chi connectivity index (χ0n) is 18.0. The highest BCUT2D eigenvalue weighted by Crippen LogP contribution is 2.32. The number of carbonyl (C=O) groups excluding carboxylic acids is 1. The first-order valence-corrected chi connectivity index (χ1v) is 10.1. The average molecular weight is 455 g/mol. The van der Waals surface area contributed by atoms with Crippen molar-refractivity contribution in [3.8, 4) is 17.0 Å². The predicted molar refractivity (Wildman–Crippen MR) is 116 cm³/mol. The molecule has 2 aromatic heterocycles. The summed E-state index contributed by atoms with van der Waals surface area (Å²) in [5.41, 5.74) is 0.949. The molecule has 0 spiro atoms. The number of aromatic nitrogens is 4. The van der Waals surface area contributed by atoms with Crippen LogP contribution in [0.15, 0.2) is 54.6 Å². The van der Waals surface area contributed by atoms with Crippen LogP contribution in [0.3, 0.4) is 0 Å². The van der Waals surface area contributed by atoms with Crippen LogP contribution in [0.4, 0.5) is 18.9 Å². The van der Waals surface area contributed by atoms with E-state index in [0.29, 0.717) is 27.4 Å². The smallest absolute Gasteiger partial charge is 0.433 e. The van der Waals surface area contributed by atoms with Gasteiger partial charge in [-0.05, 0) is 53.9 Å². The highest BCUT2D eigenvalue weighted by molar-refractivity contribution is 6.01. The van der Waals surface area contributed by atoms with Crippen LogP contribution in [0, 0.1) is 0 Å². The van der Waals surface area contributed by atoms with E-state index in [9.17, 15) is 18.0 Å². The van der Waals surface area contributed by atoms with E-state index in [4.69, 9.17) is 4.74 Å². The van der Waals surface area contributed by atoms with Crippen molar-refractivity contribution in [2.75, 3.05) is 12.4 Å². The largest absolute Gasteiger partial charge is 0.497 e. The van der Waals surface area contributed by atoms with Crippen LogP contribution in [0.5, 0.6) is 5.75 Å². The fraction of sp³-hybridized carbons (Fsp3) is 0.217. The van der Waals surface area contributed by atoms with Gasteiger partial charge in [-0.25, -0.2) is 4.98 Å². The van der Waals surface area contributed by atoms with Crippen LogP contribution in [-0.2, 0) is 6.18 Å². The highest BCUT2D eigenvalue weighted by Gasteiger charge is 2.36. The van der Waals surface area contributed by atoms with E-state index in [2.05, 4.69) is 20.4 Å². The van der Waals surface area contributed by atoms with Crippen LogP contribution >= 0.6 is 0 Å². The second-order valence-corrected chi connectivity index (χ2v) is 7.63. The van der Waals surface area contributed by atoms with Crippen molar-refractivity contribution in [3.63, 3.8) is 0 Å². The Morgan fingerprint density at radius 2 is 1.70 bits per heavy atom. The van der Waals surface area contributed by atoms with Gasteiger partial charge in [-0.15, -0.1) is 5.10 Å². The number of amides is 1. The first-order valence-electron chi connectivity index (χ1n) is 10.1. The van der Waals surface area contributed by atoms with E-state index in [1.54, 1.807) is 36.4 Å². The summed E-state index contributed by atoms with van der Waals surface area (Å²) < 4.78 is 46.9. The maximum atomic E-state index is 13.8. The van der Waals surface area contributed by atoms with Gasteiger partial charge in [0.15, 0.2) is 5.69 Å².